The van der Waals surface area contributed by atoms with E-state index in [1.54, 1.807) is 11.3 Å². The predicted octanol–water partition coefficient (Wildman–Crippen LogP) is 3.15. The van der Waals surface area contributed by atoms with E-state index in [4.69, 9.17) is 0 Å². The molecule has 0 atom stereocenters. The molecule has 3 aromatic heterocycles. The topological polar surface area (TPSA) is 16.8 Å². The van der Waals surface area contributed by atoms with Gasteiger partial charge in [0.1, 0.15) is 16.1 Å². The van der Waals surface area contributed by atoms with Crippen molar-refractivity contribution in [1.82, 2.24) is 4.98 Å². The molecule has 0 fully saturated rings. The number of aromatic nitrogens is 2. The molecule has 0 bridgehead atoms. The smallest absolute Gasteiger partial charge is 0.186 e. The van der Waals surface area contributed by atoms with Gasteiger partial charge in [-0.2, -0.15) is 0 Å². The van der Waals surface area contributed by atoms with Gasteiger partial charge in [0.25, 0.3) is 0 Å². The number of thiophene rings is 1. The van der Waals surface area contributed by atoms with Gasteiger partial charge >= 0.3 is 0 Å². The second kappa shape index (κ2) is 3.83. The molecule has 0 spiro atoms. The third-order valence-electron chi connectivity index (χ3n) is 2.73. The van der Waals surface area contributed by atoms with Crippen molar-refractivity contribution in [2.24, 2.45) is 0 Å². The first-order valence-electron chi connectivity index (χ1n) is 5.55. The molecule has 0 saturated heterocycles. The highest BCUT2D eigenvalue weighted by Gasteiger charge is 2.09. The van der Waals surface area contributed by atoms with Gasteiger partial charge in [0.2, 0.25) is 0 Å². The van der Waals surface area contributed by atoms with Crippen molar-refractivity contribution >= 4 is 31.6 Å². The van der Waals surface area contributed by atoms with Crippen molar-refractivity contribution in [3.05, 3.63) is 36.8 Å². The maximum Gasteiger partial charge on any atom is 0.186 e. The lowest BCUT2D eigenvalue weighted by Crippen LogP contribution is -2.31. The van der Waals surface area contributed by atoms with Crippen LogP contribution in [0.3, 0.4) is 0 Å². The van der Waals surface area contributed by atoms with E-state index in [2.05, 4.69) is 41.0 Å². The molecule has 80 valence electrons. The molecular weight excluding hydrogens is 216 g/mol. The molecule has 2 nitrogen and oxygen atoms in total. The molecule has 0 amide bonds. The average Bonchev–Trinajstić information content (AvgIpc) is 2.67. The zero-order chi connectivity index (χ0) is 11.0. The fourth-order valence-electron chi connectivity index (χ4n) is 2.00. The van der Waals surface area contributed by atoms with Gasteiger partial charge in [-0.1, -0.05) is 6.92 Å². The van der Waals surface area contributed by atoms with Crippen molar-refractivity contribution in [2.75, 3.05) is 0 Å². The minimum atomic E-state index is 1.08. The SMILES string of the molecule is CCC[n+]1ccc2c(c1)sc1ncccc12. The van der Waals surface area contributed by atoms with Gasteiger partial charge in [0, 0.05) is 29.5 Å². The third-order valence-corrected chi connectivity index (χ3v) is 3.79. The molecule has 16 heavy (non-hydrogen) atoms. The van der Waals surface area contributed by atoms with Gasteiger partial charge in [0.15, 0.2) is 12.4 Å². The highest BCUT2D eigenvalue weighted by Crippen LogP contribution is 2.30. The number of hydrogen-bond acceptors (Lipinski definition) is 2. The van der Waals surface area contributed by atoms with E-state index in [1.165, 1.54) is 21.9 Å². The van der Waals surface area contributed by atoms with Crippen LogP contribution < -0.4 is 4.57 Å². The van der Waals surface area contributed by atoms with Crippen molar-refractivity contribution < 1.29 is 4.57 Å². The first-order valence-corrected chi connectivity index (χ1v) is 6.36. The Bertz CT molecular complexity index is 643. The summed E-state index contributed by atoms with van der Waals surface area (Å²) >= 11 is 1.77. The van der Waals surface area contributed by atoms with Crippen molar-refractivity contribution in [3.63, 3.8) is 0 Å². The van der Waals surface area contributed by atoms with Gasteiger partial charge in [-0.05, 0) is 12.1 Å². The minimum Gasteiger partial charge on any atom is -0.245 e. The lowest BCUT2D eigenvalue weighted by Gasteiger charge is -1.93. The van der Waals surface area contributed by atoms with Gasteiger partial charge < -0.3 is 0 Å². The van der Waals surface area contributed by atoms with Crippen LogP contribution in [0.2, 0.25) is 0 Å². The molecule has 0 aliphatic carbocycles. The van der Waals surface area contributed by atoms with Gasteiger partial charge in [-0.25, -0.2) is 9.55 Å². The molecule has 0 unspecified atom stereocenters. The Morgan fingerprint density at radius 3 is 3.12 bits per heavy atom. The molecule has 3 heteroatoms. The number of fused-ring (bicyclic) bond motifs is 3. The molecule has 3 heterocycles. The fourth-order valence-corrected chi connectivity index (χ4v) is 3.08. The van der Waals surface area contributed by atoms with Crippen LogP contribution in [0.4, 0.5) is 0 Å². The van der Waals surface area contributed by atoms with Crippen LogP contribution in [0.15, 0.2) is 36.8 Å². The van der Waals surface area contributed by atoms with Crippen LogP contribution in [0.25, 0.3) is 20.3 Å². The van der Waals surface area contributed by atoms with E-state index in [0.29, 0.717) is 0 Å². The number of nitrogens with zero attached hydrogens (tertiary/aromatic N) is 2. The second-order valence-electron chi connectivity index (χ2n) is 3.92. The van der Waals surface area contributed by atoms with Gasteiger partial charge in [-0.3, -0.25) is 0 Å². The number of hydrogen-bond donors (Lipinski definition) is 0. The number of pyridine rings is 2. The molecular formula is C13H13N2S+. The van der Waals surface area contributed by atoms with Gasteiger partial charge in [-0.15, -0.1) is 11.3 Å². The molecule has 0 N–H and O–H groups in total. The molecule has 0 radical (unpaired) electrons. The molecule has 0 saturated carbocycles. The molecule has 0 aliphatic heterocycles. The molecule has 0 aliphatic rings. The molecule has 3 aromatic rings. The van der Waals surface area contributed by atoms with E-state index in [0.717, 1.165) is 11.4 Å². The maximum absolute atomic E-state index is 4.40. The fraction of sp³-hybridized carbons (Fsp3) is 0.231. The van der Waals surface area contributed by atoms with Crippen LogP contribution >= 0.6 is 11.3 Å². The van der Waals surface area contributed by atoms with Crippen molar-refractivity contribution in [2.45, 2.75) is 19.9 Å². The number of rotatable bonds is 2. The molecule has 3 rings (SSSR count). The summed E-state index contributed by atoms with van der Waals surface area (Å²) in [4.78, 5) is 5.53. The van der Waals surface area contributed by atoms with Crippen LogP contribution in [-0.2, 0) is 6.54 Å². The van der Waals surface area contributed by atoms with E-state index >= 15 is 0 Å². The van der Waals surface area contributed by atoms with Crippen molar-refractivity contribution in [3.8, 4) is 0 Å². The molecule has 0 aromatic carbocycles. The Morgan fingerprint density at radius 2 is 2.25 bits per heavy atom. The summed E-state index contributed by atoms with van der Waals surface area (Å²) in [6.45, 7) is 3.28. The van der Waals surface area contributed by atoms with Crippen LogP contribution in [0.1, 0.15) is 13.3 Å². The van der Waals surface area contributed by atoms with E-state index in [9.17, 15) is 0 Å². The summed E-state index contributed by atoms with van der Waals surface area (Å²) in [6.07, 6.45) is 7.41. The summed E-state index contributed by atoms with van der Waals surface area (Å²) in [5.74, 6) is 0. The standard InChI is InChI=1S/C13H13N2S/c1-2-7-15-8-5-10-11-4-3-6-14-13(11)16-12(10)9-15/h3-6,8-9H,2,7H2,1H3/q+1. The Morgan fingerprint density at radius 1 is 1.31 bits per heavy atom. The monoisotopic (exact) mass is 229 g/mol. The highest BCUT2D eigenvalue weighted by molar-refractivity contribution is 7.25. The quantitative estimate of drug-likeness (QED) is 0.617. The summed E-state index contributed by atoms with van der Waals surface area (Å²) < 4.78 is 3.57. The largest absolute Gasteiger partial charge is 0.245 e. The third kappa shape index (κ3) is 1.48. The number of aryl methyl sites for hydroxylation is 1. The Labute approximate surface area is 98.2 Å². The van der Waals surface area contributed by atoms with E-state index < -0.39 is 0 Å². The first-order chi connectivity index (χ1) is 7.88. The lowest BCUT2D eigenvalue weighted by atomic mass is 10.2. The van der Waals surface area contributed by atoms with Crippen LogP contribution in [0.5, 0.6) is 0 Å². The summed E-state index contributed by atoms with van der Waals surface area (Å²) in [5, 5.41) is 2.59. The maximum atomic E-state index is 4.40. The minimum absolute atomic E-state index is 1.08. The zero-order valence-corrected chi connectivity index (χ0v) is 10.00. The lowest BCUT2D eigenvalue weighted by molar-refractivity contribution is -0.695. The van der Waals surface area contributed by atoms with Crippen molar-refractivity contribution in [1.29, 1.82) is 0 Å². The summed E-state index contributed by atoms with van der Waals surface area (Å²) in [5.41, 5.74) is 0. The Balaban J connectivity index is 2.28. The summed E-state index contributed by atoms with van der Waals surface area (Å²) in [7, 11) is 0. The average molecular weight is 229 g/mol. The highest BCUT2D eigenvalue weighted by atomic mass is 32.1. The van der Waals surface area contributed by atoms with Crippen LogP contribution in [0, 0.1) is 0 Å². The Hall–Kier alpha value is -1.48. The summed E-state index contributed by atoms with van der Waals surface area (Å²) in [6, 6.07) is 6.35. The zero-order valence-electron chi connectivity index (χ0n) is 9.18. The predicted molar refractivity (Wildman–Crippen MR) is 67.6 cm³/mol. The van der Waals surface area contributed by atoms with E-state index in [1.807, 2.05) is 12.3 Å². The van der Waals surface area contributed by atoms with Gasteiger partial charge in [0.05, 0.1) is 0 Å². The normalized spacial score (nSPS) is 11.3. The van der Waals surface area contributed by atoms with E-state index in [-0.39, 0.29) is 0 Å². The first kappa shape index (κ1) is 9.73. The Kier molecular flexibility index (Phi) is 2.33. The second-order valence-corrected chi connectivity index (χ2v) is 4.95. The van der Waals surface area contributed by atoms with Crippen LogP contribution in [-0.4, -0.2) is 4.98 Å².